The Morgan fingerprint density at radius 2 is 2.26 bits per heavy atom. The first kappa shape index (κ1) is 12.5. The maximum atomic E-state index is 13.8. The number of nitrogens with two attached hydrogens (primary N) is 1. The Morgan fingerprint density at radius 3 is 3.00 bits per heavy atom. The lowest BCUT2D eigenvalue weighted by molar-refractivity contribution is 0.418. The molecule has 6 heteroatoms. The van der Waals surface area contributed by atoms with Crippen molar-refractivity contribution in [2.75, 3.05) is 11.5 Å². The van der Waals surface area contributed by atoms with E-state index in [4.69, 9.17) is 10.3 Å². The highest BCUT2D eigenvalue weighted by molar-refractivity contribution is 7.99. The van der Waals surface area contributed by atoms with Gasteiger partial charge in [-0.25, -0.2) is 4.39 Å². The summed E-state index contributed by atoms with van der Waals surface area (Å²) >= 11 is 1.83. The van der Waals surface area contributed by atoms with Crippen molar-refractivity contribution in [3.63, 3.8) is 0 Å². The van der Waals surface area contributed by atoms with Gasteiger partial charge in [0, 0.05) is 5.69 Å². The molecule has 2 heterocycles. The van der Waals surface area contributed by atoms with Gasteiger partial charge in [0.05, 0.1) is 10.8 Å². The van der Waals surface area contributed by atoms with Gasteiger partial charge in [0.15, 0.2) is 5.82 Å². The van der Waals surface area contributed by atoms with Crippen molar-refractivity contribution < 1.29 is 8.91 Å². The number of anilines is 1. The lowest BCUT2D eigenvalue weighted by Gasteiger charge is -2.17. The molecule has 1 unspecified atom stereocenters. The van der Waals surface area contributed by atoms with Gasteiger partial charge in [0.2, 0.25) is 0 Å². The van der Waals surface area contributed by atoms with Crippen molar-refractivity contribution in [3.8, 4) is 11.5 Å². The molecule has 1 aromatic heterocycles. The van der Waals surface area contributed by atoms with Crippen molar-refractivity contribution >= 4 is 17.4 Å². The van der Waals surface area contributed by atoms with Crippen LogP contribution < -0.4 is 5.73 Å². The Hall–Kier alpha value is -1.56. The largest absolute Gasteiger partial charge is 0.399 e. The Labute approximate surface area is 114 Å². The molecule has 1 saturated heterocycles. The van der Waals surface area contributed by atoms with Gasteiger partial charge in [-0.1, -0.05) is 11.6 Å². The van der Waals surface area contributed by atoms with Gasteiger partial charge in [0.25, 0.3) is 5.89 Å². The van der Waals surface area contributed by atoms with Crippen molar-refractivity contribution in [2.24, 2.45) is 0 Å². The number of thioether (sulfide) groups is 1. The molecule has 0 aliphatic carbocycles. The fourth-order valence-corrected chi connectivity index (χ4v) is 3.36. The first-order valence-corrected chi connectivity index (χ1v) is 7.29. The standard InChI is InChI=1S/C13H14FN3OS/c14-10-7-8(15)4-5-9(10)13-16-12(17-18-13)11-3-1-2-6-19-11/h4-5,7,11H,1-3,6,15H2. The fourth-order valence-electron chi connectivity index (χ4n) is 2.12. The molecule has 0 amide bonds. The van der Waals surface area contributed by atoms with E-state index in [1.54, 1.807) is 12.1 Å². The summed E-state index contributed by atoms with van der Waals surface area (Å²) < 4.78 is 18.9. The van der Waals surface area contributed by atoms with Gasteiger partial charge in [-0.05, 0) is 36.8 Å². The van der Waals surface area contributed by atoms with E-state index in [2.05, 4.69) is 10.1 Å². The molecule has 100 valence electrons. The van der Waals surface area contributed by atoms with E-state index in [1.807, 2.05) is 11.8 Å². The SMILES string of the molecule is Nc1ccc(-c2nc(C3CCCCS3)no2)c(F)c1. The fraction of sp³-hybridized carbons (Fsp3) is 0.385. The zero-order valence-corrected chi connectivity index (χ0v) is 11.1. The molecule has 0 bridgehead atoms. The van der Waals surface area contributed by atoms with E-state index in [-0.39, 0.29) is 11.1 Å². The minimum atomic E-state index is -0.438. The number of aromatic nitrogens is 2. The van der Waals surface area contributed by atoms with E-state index >= 15 is 0 Å². The Bertz CT molecular complexity index is 581. The van der Waals surface area contributed by atoms with Crippen LogP contribution in [0.2, 0.25) is 0 Å². The van der Waals surface area contributed by atoms with E-state index in [9.17, 15) is 4.39 Å². The first-order chi connectivity index (χ1) is 9.24. The van der Waals surface area contributed by atoms with Gasteiger partial charge < -0.3 is 10.3 Å². The Morgan fingerprint density at radius 1 is 1.37 bits per heavy atom. The van der Waals surface area contributed by atoms with Crippen LogP contribution in [0.15, 0.2) is 22.7 Å². The number of halogens is 1. The molecule has 0 radical (unpaired) electrons. The van der Waals surface area contributed by atoms with Gasteiger partial charge in [0.1, 0.15) is 5.82 Å². The molecule has 19 heavy (non-hydrogen) atoms. The quantitative estimate of drug-likeness (QED) is 0.853. The number of rotatable bonds is 2. The van der Waals surface area contributed by atoms with Crippen molar-refractivity contribution in [2.45, 2.75) is 24.5 Å². The highest BCUT2D eigenvalue weighted by Gasteiger charge is 2.22. The predicted octanol–water partition coefficient (Wildman–Crippen LogP) is 3.42. The van der Waals surface area contributed by atoms with E-state index < -0.39 is 5.82 Å². The Kier molecular flexibility index (Phi) is 3.42. The minimum Gasteiger partial charge on any atom is -0.399 e. The van der Waals surface area contributed by atoms with Gasteiger partial charge >= 0.3 is 0 Å². The molecule has 2 aromatic rings. The second kappa shape index (κ2) is 5.21. The van der Waals surface area contributed by atoms with Crippen LogP contribution in [-0.4, -0.2) is 15.9 Å². The molecule has 0 saturated carbocycles. The molecule has 3 rings (SSSR count). The smallest absolute Gasteiger partial charge is 0.260 e. The molecule has 4 nitrogen and oxygen atoms in total. The maximum absolute atomic E-state index is 13.8. The summed E-state index contributed by atoms with van der Waals surface area (Å²) in [6.45, 7) is 0. The van der Waals surface area contributed by atoms with Crippen LogP contribution in [0.4, 0.5) is 10.1 Å². The average molecular weight is 279 g/mol. The molecule has 1 aromatic carbocycles. The normalized spacial score (nSPS) is 19.5. The summed E-state index contributed by atoms with van der Waals surface area (Å²) in [4.78, 5) is 4.32. The van der Waals surface area contributed by atoms with Crippen LogP contribution in [0.5, 0.6) is 0 Å². The summed E-state index contributed by atoms with van der Waals surface area (Å²) in [5, 5.41) is 4.24. The van der Waals surface area contributed by atoms with E-state index in [0.29, 0.717) is 17.1 Å². The number of benzene rings is 1. The van der Waals surface area contributed by atoms with Gasteiger partial charge in [-0.15, -0.1) is 0 Å². The third-order valence-corrected chi connectivity index (χ3v) is 4.51. The summed E-state index contributed by atoms with van der Waals surface area (Å²) in [5.41, 5.74) is 6.20. The number of nitrogens with zero attached hydrogens (tertiary/aromatic N) is 2. The highest BCUT2D eigenvalue weighted by Crippen LogP contribution is 2.37. The lowest BCUT2D eigenvalue weighted by Crippen LogP contribution is -2.03. The van der Waals surface area contributed by atoms with Crippen LogP contribution in [0, 0.1) is 5.82 Å². The summed E-state index contributed by atoms with van der Waals surface area (Å²) in [6, 6.07) is 4.45. The van der Waals surface area contributed by atoms with Crippen molar-refractivity contribution in [3.05, 3.63) is 29.8 Å². The molecule has 1 atom stereocenters. The van der Waals surface area contributed by atoms with Crippen LogP contribution >= 0.6 is 11.8 Å². The molecule has 2 N–H and O–H groups in total. The lowest BCUT2D eigenvalue weighted by atomic mass is 10.2. The third-order valence-electron chi connectivity index (χ3n) is 3.13. The van der Waals surface area contributed by atoms with Crippen LogP contribution in [-0.2, 0) is 0 Å². The summed E-state index contributed by atoms with van der Waals surface area (Å²) in [6.07, 6.45) is 3.46. The van der Waals surface area contributed by atoms with Crippen LogP contribution in [0.1, 0.15) is 30.3 Å². The topological polar surface area (TPSA) is 64.9 Å². The number of nitrogen functional groups attached to an aromatic ring is 1. The van der Waals surface area contributed by atoms with Crippen molar-refractivity contribution in [1.82, 2.24) is 10.1 Å². The second-order valence-corrected chi connectivity index (χ2v) is 5.86. The van der Waals surface area contributed by atoms with Gasteiger partial charge in [-0.3, -0.25) is 0 Å². The molecular weight excluding hydrogens is 265 g/mol. The monoisotopic (exact) mass is 279 g/mol. The maximum Gasteiger partial charge on any atom is 0.260 e. The molecular formula is C13H14FN3OS. The first-order valence-electron chi connectivity index (χ1n) is 6.24. The zero-order valence-electron chi connectivity index (χ0n) is 10.3. The van der Waals surface area contributed by atoms with E-state index in [0.717, 1.165) is 12.2 Å². The third kappa shape index (κ3) is 2.58. The minimum absolute atomic E-state index is 0.221. The zero-order chi connectivity index (χ0) is 13.2. The summed E-state index contributed by atoms with van der Waals surface area (Å²) in [5.74, 6) is 1.56. The van der Waals surface area contributed by atoms with Gasteiger partial charge in [-0.2, -0.15) is 16.7 Å². The van der Waals surface area contributed by atoms with Crippen molar-refractivity contribution in [1.29, 1.82) is 0 Å². The Balaban J connectivity index is 1.87. The predicted molar refractivity (Wildman–Crippen MR) is 73.2 cm³/mol. The second-order valence-electron chi connectivity index (χ2n) is 4.55. The van der Waals surface area contributed by atoms with Crippen LogP contribution in [0.3, 0.4) is 0 Å². The number of hydrogen-bond donors (Lipinski definition) is 1. The molecule has 1 aliphatic rings. The van der Waals surface area contributed by atoms with Crippen LogP contribution in [0.25, 0.3) is 11.5 Å². The summed E-state index contributed by atoms with van der Waals surface area (Å²) in [7, 11) is 0. The number of hydrogen-bond acceptors (Lipinski definition) is 5. The molecule has 1 fully saturated rings. The highest BCUT2D eigenvalue weighted by atomic mass is 32.2. The average Bonchev–Trinajstić information content (AvgIpc) is 2.89. The molecule has 0 spiro atoms. The van der Waals surface area contributed by atoms with E-state index in [1.165, 1.54) is 18.9 Å². The molecule has 1 aliphatic heterocycles.